The monoisotopic (exact) mass is 225 g/mol. The molecule has 0 bridgehead atoms. The fraction of sp³-hybridized carbons (Fsp3) is 0.923. The number of carbonyl (C=O) groups excluding carboxylic acids is 1. The van der Waals surface area contributed by atoms with Gasteiger partial charge in [0.2, 0.25) is 5.91 Å². The second kappa shape index (κ2) is 5.67. The Labute approximate surface area is 98.1 Å². The first-order valence-corrected chi connectivity index (χ1v) is 6.73. The van der Waals surface area contributed by atoms with Crippen molar-refractivity contribution in [2.24, 2.45) is 5.92 Å². The Kier molecular flexibility index (Phi) is 4.22. The standard InChI is InChI=1S/C13H23NO2/c1-2-12-11(7-10-16-12)13(15)14-8-5-3-4-6-9-14/h11-12H,2-10H2,1H3. The summed E-state index contributed by atoms with van der Waals surface area (Å²) in [6, 6.07) is 0. The molecule has 2 aliphatic heterocycles. The molecule has 2 atom stereocenters. The van der Waals surface area contributed by atoms with Crippen molar-refractivity contribution < 1.29 is 9.53 Å². The molecule has 0 spiro atoms. The van der Waals surface area contributed by atoms with Crippen LogP contribution in [0.15, 0.2) is 0 Å². The molecule has 3 nitrogen and oxygen atoms in total. The van der Waals surface area contributed by atoms with Gasteiger partial charge < -0.3 is 9.64 Å². The van der Waals surface area contributed by atoms with Gasteiger partial charge >= 0.3 is 0 Å². The van der Waals surface area contributed by atoms with Gasteiger partial charge in [0.1, 0.15) is 0 Å². The lowest BCUT2D eigenvalue weighted by atomic mass is 9.98. The second-order valence-electron chi connectivity index (χ2n) is 4.95. The summed E-state index contributed by atoms with van der Waals surface area (Å²) in [5, 5.41) is 0. The number of amides is 1. The van der Waals surface area contributed by atoms with E-state index >= 15 is 0 Å². The Bertz CT molecular complexity index is 234. The van der Waals surface area contributed by atoms with E-state index in [1.165, 1.54) is 25.7 Å². The molecule has 2 aliphatic rings. The van der Waals surface area contributed by atoms with Crippen molar-refractivity contribution in [3.63, 3.8) is 0 Å². The van der Waals surface area contributed by atoms with Crippen LogP contribution in [0.2, 0.25) is 0 Å². The highest BCUT2D eigenvalue weighted by Crippen LogP contribution is 2.26. The molecule has 2 heterocycles. The maximum Gasteiger partial charge on any atom is 0.228 e. The lowest BCUT2D eigenvalue weighted by molar-refractivity contribution is -0.137. The van der Waals surface area contributed by atoms with Crippen molar-refractivity contribution in [1.29, 1.82) is 0 Å². The van der Waals surface area contributed by atoms with Crippen molar-refractivity contribution in [2.75, 3.05) is 19.7 Å². The Balaban J connectivity index is 1.94. The summed E-state index contributed by atoms with van der Waals surface area (Å²) in [5.41, 5.74) is 0. The largest absolute Gasteiger partial charge is 0.377 e. The zero-order valence-electron chi connectivity index (χ0n) is 10.3. The van der Waals surface area contributed by atoms with Crippen molar-refractivity contribution in [1.82, 2.24) is 4.90 Å². The minimum absolute atomic E-state index is 0.142. The summed E-state index contributed by atoms with van der Waals surface area (Å²) in [7, 11) is 0. The molecule has 0 N–H and O–H groups in total. The molecule has 16 heavy (non-hydrogen) atoms. The van der Waals surface area contributed by atoms with E-state index < -0.39 is 0 Å². The molecule has 2 unspecified atom stereocenters. The van der Waals surface area contributed by atoms with Crippen molar-refractivity contribution in [3.8, 4) is 0 Å². The number of hydrogen-bond acceptors (Lipinski definition) is 2. The zero-order chi connectivity index (χ0) is 11.4. The van der Waals surface area contributed by atoms with Gasteiger partial charge in [-0.15, -0.1) is 0 Å². The quantitative estimate of drug-likeness (QED) is 0.721. The number of ether oxygens (including phenoxy) is 1. The molecule has 0 aromatic heterocycles. The van der Waals surface area contributed by atoms with E-state index in [-0.39, 0.29) is 12.0 Å². The van der Waals surface area contributed by atoms with Gasteiger partial charge in [0.15, 0.2) is 0 Å². The minimum Gasteiger partial charge on any atom is -0.377 e. The first kappa shape index (κ1) is 11.9. The van der Waals surface area contributed by atoms with E-state index in [1.54, 1.807) is 0 Å². The summed E-state index contributed by atoms with van der Waals surface area (Å²) in [5.74, 6) is 0.495. The van der Waals surface area contributed by atoms with Crippen LogP contribution in [0.25, 0.3) is 0 Å². The normalized spacial score (nSPS) is 31.4. The molecule has 1 amide bonds. The van der Waals surface area contributed by atoms with Gasteiger partial charge in [-0.25, -0.2) is 0 Å². The Morgan fingerprint density at radius 3 is 2.56 bits per heavy atom. The predicted molar refractivity (Wildman–Crippen MR) is 63.2 cm³/mol. The molecule has 2 rings (SSSR count). The fourth-order valence-electron chi connectivity index (χ4n) is 2.86. The lowest BCUT2D eigenvalue weighted by Gasteiger charge is -2.26. The molecule has 0 saturated carbocycles. The highest BCUT2D eigenvalue weighted by Gasteiger charge is 2.35. The highest BCUT2D eigenvalue weighted by molar-refractivity contribution is 5.79. The summed E-state index contributed by atoms with van der Waals surface area (Å²) in [6.07, 6.45) is 6.98. The first-order chi connectivity index (χ1) is 7.83. The van der Waals surface area contributed by atoms with Crippen LogP contribution in [-0.4, -0.2) is 36.6 Å². The van der Waals surface area contributed by atoms with Crippen LogP contribution in [0.5, 0.6) is 0 Å². The van der Waals surface area contributed by atoms with Crippen molar-refractivity contribution in [3.05, 3.63) is 0 Å². The molecule has 0 aromatic rings. The van der Waals surface area contributed by atoms with Crippen LogP contribution < -0.4 is 0 Å². The predicted octanol–water partition coefficient (Wildman–Crippen LogP) is 2.20. The van der Waals surface area contributed by atoms with E-state index in [1.807, 2.05) is 0 Å². The SMILES string of the molecule is CCC1OCCC1C(=O)N1CCCCCC1. The molecule has 3 heteroatoms. The maximum absolute atomic E-state index is 12.4. The van der Waals surface area contributed by atoms with E-state index in [0.717, 1.165) is 32.5 Å². The van der Waals surface area contributed by atoms with E-state index in [9.17, 15) is 4.79 Å². The Morgan fingerprint density at radius 2 is 1.94 bits per heavy atom. The third-order valence-electron chi connectivity index (χ3n) is 3.85. The maximum atomic E-state index is 12.4. The summed E-state index contributed by atoms with van der Waals surface area (Å²) in [6.45, 7) is 4.80. The van der Waals surface area contributed by atoms with Crippen LogP contribution in [0, 0.1) is 5.92 Å². The second-order valence-corrected chi connectivity index (χ2v) is 4.95. The number of carbonyl (C=O) groups is 1. The highest BCUT2D eigenvalue weighted by atomic mass is 16.5. The van der Waals surface area contributed by atoms with Crippen LogP contribution >= 0.6 is 0 Å². The smallest absolute Gasteiger partial charge is 0.228 e. The molecule has 2 saturated heterocycles. The van der Waals surface area contributed by atoms with E-state index in [0.29, 0.717) is 5.91 Å². The number of rotatable bonds is 2. The summed E-state index contributed by atoms with van der Waals surface area (Å²) < 4.78 is 5.61. The van der Waals surface area contributed by atoms with Crippen LogP contribution in [0.3, 0.4) is 0 Å². The molecule has 2 fully saturated rings. The van der Waals surface area contributed by atoms with Crippen LogP contribution in [0.4, 0.5) is 0 Å². The Hall–Kier alpha value is -0.570. The van der Waals surface area contributed by atoms with E-state index in [4.69, 9.17) is 4.74 Å². The number of nitrogens with zero attached hydrogens (tertiary/aromatic N) is 1. The Morgan fingerprint density at radius 1 is 1.25 bits per heavy atom. The molecular weight excluding hydrogens is 202 g/mol. The molecule has 92 valence electrons. The lowest BCUT2D eigenvalue weighted by Crippen LogP contribution is -2.39. The van der Waals surface area contributed by atoms with Crippen LogP contribution in [-0.2, 0) is 9.53 Å². The van der Waals surface area contributed by atoms with Crippen molar-refractivity contribution >= 4 is 5.91 Å². The van der Waals surface area contributed by atoms with Gasteiger partial charge in [-0.3, -0.25) is 4.79 Å². The van der Waals surface area contributed by atoms with Crippen LogP contribution in [0.1, 0.15) is 45.4 Å². The van der Waals surface area contributed by atoms with Gasteiger partial charge in [0.25, 0.3) is 0 Å². The average molecular weight is 225 g/mol. The third-order valence-corrected chi connectivity index (χ3v) is 3.85. The minimum atomic E-state index is 0.142. The zero-order valence-corrected chi connectivity index (χ0v) is 10.3. The van der Waals surface area contributed by atoms with Gasteiger partial charge in [0.05, 0.1) is 12.0 Å². The molecule has 0 radical (unpaired) electrons. The van der Waals surface area contributed by atoms with E-state index in [2.05, 4.69) is 11.8 Å². The average Bonchev–Trinajstić information content (AvgIpc) is 2.61. The third kappa shape index (κ3) is 2.57. The molecule has 0 aromatic carbocycles. The van der Waals surface area contributed by atoms with Gasteiger partial charge in [-0.2, -0.15) is 0 Å². The van der Waals surface area contributed by atoms with Gasteiger partial charge in [-0.1, -0.05) is 19.8 Å². The number of likely N-dealkylation sites (tertiary alicyclic amines) is 1. The fourth-order valence-corrected chi connectivity index (χ4v) is 2.86. The number of hydrogen-bond donors (Lipinski definition) is 0. The molecule has 0 aliphatic carbocycles. The first-order valence-electron chi connectivity index (χ1n) is 6.73. The van der Waals surface area contributed by atoms with Gasteiger partial charge in [0, 0.05) is 19.7 Å². The summed E-state index contributed by atoms with van der Waals surface area (Å²) in [4.78, 5) is 14.4. The summed E-state index contributed by atoms with van der Waals surface area (Å²) >= 11 is 0. The topological polar surface area (TPSA) is 29.5 Å². The van der Waals surface area contributed by atoms with Crippen molar-refractivity contribution in [2.45, 2.75) is 51.6 Å². The van der Waals surface area contributed by atoms with Gasteiger partial charge in [-0.05, 0) is 25.7 Å². The molecular formula is C13H23NO2.